The van der Waals surface area contributed by atoms with Gasteiger partial charge in [-0.15, -0.1) is 11.3 Å². The molecule has 0 radical (unpaired) electrons. The first kappa shape index (κ1) is 14.0. The van der Waals surface area contributed by atoms with Crippen LogP contribution in [0.5, 0.6) is 0 Å². The maximum Gasteiger partial charge on any atom is 0.433 e. The Morgan fingerprint density at radius 1 is 1.05 bits per heavy atom. The van der Waals surface area contributed by atoms with Crippen LogP contribution in [0.15, 0.2) is 30.5 Å². The normalized spacial score (nSPS) is 12.0. The van der Waals surface area contributed by atoms with Gasteiger partial charge >= 0.3 is 6.18 Å². The maximum absolute atomic E-state index is 12.5. The summed E-state index contributed by atoms with van der Waals surface area (Å²) in [5.41, 5.74) is 2.53. The number of fused-ring (bicyclic) bond motifs is 1. The van der Waals surface area contributed by atoms with Crippen LogP contribution in [0.25, 0.3) is 21.3 Å². The Morgan fingerprint density at radius 3 is 2.43 bits per heavy atom. The van der Waals surface area contributed by atoms with Crippen LogP contribution in [0.2, 0.25) is 0 Å². The summed E-state index contributed by atoms with van der Waals surface area (Å²) in [6.45, 7) is 3.91. The molecule has 0 bridgehead atoms. The molecule has 108 valence electrons. The number of aryl methyl sites for hydroxylation is 2. The zero-order valence-corrected chi connectivity index (χ0v) is 12.1. The maximum atomic E-state index is 12.5. The number of rotatable bonds is 1. The molecular weight excluding hydrogens is 297 g/mol. The molecule has 21 heavy (non-hydrogen) atoms. The minimum atomic E-state index is -4.41. The van der Waals surface area contributed by atoms with Crippen LogP contribution < -0.4 is 0 Å². The Morgan fingerprint density at radius 2 is 1.81 bits per heavy atom. The molecule has 2 nitrogen and oxygen atoms in total. The van der Waals surface area contributed by atoms with E-state index < -0.39 is 11.9 Å². The topological polar surface area (TPSA) is 25.8 Å². The van der Waals surface area contributed by atoms with Gasteiger partial charge in [0.15, 0.2) is 0 Å². The first-order chi connectivity index (χ1) is 9.84. The molecule has 0 aliphatic heterocycles. The highest BCUT2D eigenvalue weighted by atomic mass is 32.1. The van der Waals surface area contributed by atoms with Gasteiger partial charge in [-0.1, -0.05) is 6.07 Å². The average molecular weight is 308 g/mol. The summed E-state index contributed by atoms with van der Waals surface area (Å²) in [6, 6.07) is 6.27. The monoisotopic (exact) mass is 308 g/mol. The Bertz CT molecular complexity index is 804. The van der Waals surface area contributed by atoms with E-state index in [9.17, 15) is 13.2 Å². The van der Waals surface area contributed by atoms with Gasteiger partial charge in [-0.3, -0.25) is 4.98 Å². The number of hydrogen-bond acceptors (Lipinski definition) is 3. The minimum absolute atomic E-state index is 0.652. The Labute approximate surface area is 123 Å². The third-order valence-electron chi connectivity index (χ3n) is 3.17. The molecule has 0 fully saturated rings. The lowest BCUT2D eigenvalue weighted by Crippen LogP contribution is -2.07. The van der Waals surface area contributed by atoms with E-state index in [1.165, 1.54) is 12.3 Å². The first-order valence-corrected chi connectivity index (χ1v) is 7.07. The molecule has 0 aliphatic carbocycles. The molecule has 2 heterocycles. The number of alkyl halides is 3. The second-order valence-corrected chi connectivity index (χ2v) is 6.01. The summed E-state index contributed by atoms with van der Waals surface area (Å²) < 4.78 is 38.7. The molecule has 3 aromatic rings. The molecule has 0 N–H and O–H groups in total. The van der Waals surface area contributed by atoms with Crippen molar-refractivity contribution in [3.63, 3.8) is 0 Å². The van der Waals surface area contributed by atoms with Crippen molar-refractivity contribution >= 4 is 21.6 Å². The molecule has 3 rings (SSSR count). The van der Waals surface area contributed by atoms with Crippen molar-refractivity contribution in [1.82, 2.24) is 9.97 Å². The van der Waals surface area contributed by atoms with Gasteiger partial charge in [-0.05, 0) is 43.2 Å². The van der Waals surface area contributed by atoms with Crippen LogP contribution in [-0.4, -0.2) is 9.97 Å². The van der Waals surface area contributed by atoms with Gasteiger partial charge in [0, 0.05) is 11.8 Å². The molecule has 0 saturated heterocycles. The zero-order valence-electron chi connectivity index (χ0n) is 11.3. The fourth-order valence-corrected chi connectivity index (χ4v) is 3.08. The van der Waals surface area contributed by atoms with E-state index >= 15 is 0 Å². The second-order valence-electron chi connectivity index (χ2n) is 4.80. The lowest BCUT2D eigenvalue weighted by atomic mass is 10.0. The summed E-state index contributed by atoms with van der Waals surface area (Å²) in [6.07, 6.45) is -3.16. The van der Waals surface area contributed by atoms with E-state index in [2.05, 4.69) is 9.97 Å². The third kappa shape index (κ3) is 2.63. The standard InChI is InChI=1S/C15H11F3N2S/c1-8-5-11(6-12-14(8)21-9(2)20-12)10-3-4-13(19-7-10)15(16,17)18/h3-7H,1-2H3. The van der Waals surface area contributed by atoms with Crippen LogP contribution in [0.1, 0.15) is 16.3 Å². The summed E-state index contributed by atoms with van der Waals surface area (Å²) in [5.74, 6) is 0. The summed E-state index contributed by atoms with van der Waals surface area (Å²) in [4.78, 5) is 7.93. The zero-order chi connectivity index (χ0) is 15.2. The molecule has 0 saturated carbocycles. The van der Waals surface area contributed by atoms with Gasteiger partial charge in [0.1, 0.15) is 5.69 Å². The lowest BCUT2D eigenvalue weighted by molar-refractivity contribution is -0.141. The molecule has 0 aliphatic rings. The first-order valence-electron chi connectivity index (χ1n) is 6.26. The van der Waals surface area contributed by atoms with Crippen molar-refractivity contribution in [2.45, 2.75) is 20.0 Å². The minimum Gasteiger partial charge on any atom is -0.251 e. The quantitative estimate of drug-likeness (QED) is 0.632. The van der Waals surface area contributed by atoms with E-state index in [4.69, 9.17) is 0 Å². The lowest BCUT2D eigenvalue weighted by Gasteiger charge is -2.07. The van der Waals surface area contributed by atoms with Gasteiger partial charge in [0.2, 0.25) is 0 Å². The molecule has 1 aromatic carbocycles. The van der Waals surface area contributed by atoms with Crippen LogP contribution in [0.4, 0.5) is 13.2 Å². The number of benzene rings is 1. The molecule has 2 aromatic heterocycles. The van der Waals surface area contributed by atoms with Gasteiger partial charge in [-0.2, -0.15) is 13.2 Å². The Balaban J connectivity index is 2.08. The largest absolute Gasteiger partial charge is 0.433 e. The van der Waals surface area contributed by atoms with E-state index in [0.717, 1.165) is 32.4 Å². The molecule has 6 heteroatoms. The fourth-order valence-electron chi connectivity index (χ4n) is 2.21. The van der Waals surface area contributed by atoms with Gasteiger partial charge < -0.3 is 0 Å². The number of nitrogens with zero attached hydrogens (tertiary/aromatic N) is 2. The molecule has 0 atom stereocenters. The Kier molecular flexibility index (Phi) is 3.20. The van der Waals surface area contributed by atoms with E-state index in [0.29, 0.717) is 5.56 Å². The summed E-state index contributed by atoms with van der Waals surface area (Å²) in [5, 5.41) is 0.968. The number of pyridine rings is 1. The fraction of sp³-hybridized carbons (Fsp3) is 0.200. The highest BCUT2D eigenvalue weighted by molar-refractivity contribution is 7.18. The van der Waals surface area contributed by atoms with Crippen molar-refractivity contribution < 1.29 is 13.2 Å². The van der Waals surface area contributed by atoms with Crippen molar-refractivity contribution in [2.24, 2.45) is 0 Å². The van der Waals surface area contributed by atoms with E-state index in [1.54, 1.807) is 11.3 Å². The van der Waals surface area contributed by atoms with Gasteiger partial charge in [-0.25, -0.2) is 4.98 Å². The highest BCUT2D eigenvalue weighted by Crippen LogP contribution is 2.32. The van der Waals surface area contributed by atoms with E-state index in [-0.39, 0.29) is 0 Å². The van der Waals surface area contributed by atoms with Gasteiger partial charge in [0.05, 0.1) is 15.2 Å². The smallest absolute Gasteiger partial charge is 0.251 e. The molecular formula is C15H11F3N2S. The summed E-state index contributed by atoms with van der Waals surface area (Å²) in [7, 11) is 0. The van der Waals surface area contributed by atoms with Crippen LogP contribution in [0, 0.1) is 13.8 Å². The third-order valence-corrected chi connectivity index (χ3v) is 4.29. The van der Waals surface area contributed by atoms with E-state index in [1.807, 2.05) is 26.0 Å². The van der Waals surface area contributed by atoms with Crippen LogP contribution >= 0.6 is 11.3 Å². The average Bonchev–Trinajstić information content (AvgIpc) is 2.79. The Hall–Kier alpha value is -1.95. The van der Waals surface area contributed by atoms with Crippen molar-refractivity contribution in [3.05, 3.63) is 46.7 Å². The van der Waals surface area contributed by atoms with Crippen LogP contribution in [-0.2, 0) is 6.18 Å². The SMILES string of the molecule is Cc1nc2cc(-c3ccc(C(F)(F)F)nc3)cc(C)c2s1. The summed E-state index contributed by atoms with van der Waals surface area (Å²) >= 11 is 1.61. The predicted molar refractivity (Wildman–Crippen MR) is 77.3 cm³/mol. The van der Waals surface area contributed by atoms with Crippen LogP contribution in [0.3, 0.4) is 0 Å². The highest BCUT2D eigenvalue weighted by Gasteiger charge is 2.32. The molecule has 0 spiro atoms. The number of halogens is 3. The molecule has 0 unspecified atom stereocenters. The number of aromatic nitrogens is 2. The van der Waals surface area contributed by atoms with Crippen molar-refractivity contribution in [1.29, 1.82) is 0 Å². The van der Waals surface area contributed by atoms with Crippen molar-refractivity contribution in [2.75, 3.05) is 0 Å². The molecule has 0 amide bonds. The van der Waals surface area contributed by atoms with Crippen molar-refractivity contribution in [3.8, 4) is 11.1 Å². The number of hydrogen-bond donors (Lipinski definition) is 0. The predicted octanol–water partition coefficient (Wildman–Crippen LogP) is 4.99. The second kappa shape index (κ2) is 4.80. The number of thiazole rings is 1. The van der Waals surface area contributed by atoms with Gasteiger partial charge in [0.25, 0.3) is 0 Å².